The molecule has 2 amide bonds. The Morgan fingerprint density at radius 2 is 1.83 bits per heavy atom. The number of aryl methyl sites for hydroxylation is 1. The van der Waals surface area contributed by atoms with Crippen LogP contribution in [0.3, 0.4) is 0 Å². The molecule has 35 heavy (non-hydrogen) atoms. The van der Waals surface area contributed by atoms with Gasteiger partial charge < -0.3 is 21.3 Å². The average Bonchev–Trinajstić information content (AvgIpc) is 3.00. The first-order chi connectivity index (χ1) is 16.9. The van der Waals surface area contributed by atoms with Crippen LogP contribution in [0.15, 0.2) is 47.0 Å². The minimum Gasteiger partial charge on any atom is -0.387 e. The van der Waals surface area contributed by atoms with Crippen molar-refractivity contribution in [2.45, 2.75) is 46.5 Å². The van der Waals surface area contributed by atoms with Crippen LogP contribution in [0.5, 0.6) is 0 Å². The number of hydrogen-bond donors (Lipinski definition) is 3. The second-order valence-corrected chi connectivity index (χ2v) is 8.96. The van der Waals surface area contributed by atoms with E-state index in [1.807, 2.05) is 49.2 Å². The Labute approximate surface area is 208 Å². The van der Waals surface area contributed by atoms with Gasteiger partial charge in [-0.15, -0.1) is 0 Å². The smallest absolute Gasteiger partial charge is 0.255 e. The summed E-state index contributed by atoms with van der Waals surface area (Å²) < 4.78 is 0. The lowest BCUT2D eigenvalue weighted by molar-refractivity contribution is -0.127. The molecule has 0 unspecified atom stereocenters. The monoisotopic (exact) mass is 475 g/mol. The van der Waals surface area contributed by atoms with Crippen LogP contribution in [-0.2, 0) is 11.2 Å². The number of nitrogens with two attached hydrogens (primary N) is 1. The van der Waals surface area contributed by atoms with Crippen molar-refractivity contribution in [3.63, 3.8) is 0 Å². The molecule has 1 aliphatic heterocycles. The molecule has 186 valence electrons. The standard InChI is InChI=1S/C28H37N5O2/c1-5-13-33(14-6-2)28(35)23-16-21-7-8-22(17-25(21)32-26(29)18-23)27(34)31-24-10-9-20(11-12-30-4)19(3)15-24/h7-10,15-17,30H,5-6,11-14,18H2,1-4H3,(H2,29,32)(H,31,34). The number of nitrogens with one attached hydrogen (secondary N) is 2. The molecule has 2 aromatic rings. The lowest BCUT2D eigenvalue weighted by Gasteiger charge is -2.22. The highest BCUT2D eigenvalue weighted by Gasteiger charge is 2.21. The van der Waals surface area contributed by atoms with Gasteiger partial charge >= 0.3 is 0 Å². The number of hydrogen-bond acceptors (Lipinski definition) is 5. The molecule has 1 aliphatic rings. The molecule has 1 heterocycles. The highest BCUT2D eigenvalue weighted by Crippen LogP contribution is 2.29. The predicted octanol–water partition coefficient (Wildman–Crippen LogP) is 4.43. The van der Waals surface area contributed by atoms with Crippen molar-refractivity contribution in [3.8, 4) is 0 Å². The summed E-state index contributed by atoms with van der Waals surface area (Å²) in [6, 6.07) is 11.3. The normalized spacial score (nSPS) is 12.8. The number of nitrogens with zero attached hydrogens (tertiary/aromatic N) is 2. The van der Waals surface area contributed by atoms with E-state index in [1.54, 1.807) is 12.1 Å². The summed E-state index contributed by atoms with van der Waals surface area (Å²) >= 11 is 0. The van der Waals surface area contributed by atoms with E-state index in [2.05, 4.69) is 29.5 Å². The first-order valence-corrected chi connectivity index (χ1v) is 12.4. The van der Waals surface area contributed by atoms with Crippen LogP contribution < -0.4 is 16.4 Å². The maximum atomic E-state index is 13.2. The molecule has 0 spiro atoms. The Balaban J connectivity index is 1.81. The van der Waals surface area contributed by atoms with Gasteiger partial charge in [0.1, 0.15) is 5.84 Å². The fraction of sp³-hybridized carbons (Fsp3) is 0.393. The van der Waals surface area contributed by atoms with Crippen LogP contribution in [0.2, 0.25) is 0 Å². The van der Waals surface area contributed by atoms with Gasteiger partial charge in [0.2, 0.25) is 5.91 Å². The van der Waals surface area contributed by atoms with E-state index in [0.717, 1.165) is 42.6 Å². The third kappa shape index (κ3) is 6.79. The van der Waals surface area contributed by atoms with Crippen LogP contribution in [-0.4, -0.2) is 49.2 Å². The van der Waals surface area contributed by atoms with Crippen molar-refractivity contribution in [1.82, 2.24) is 10.2 Å². The van der Waals surface area contributed by atoms with Gasteiger partial charge in [-0.05, 0) is 81.2 Å². The highest BCUT2D eigenvalue weighted by atomic mass is 16.2. The van der Waals surface area contributed by atoms with Gasteiger partial charge in [-0.3, -0.25) is 9.59 Å². The molecule has 2 aromatic carbocycles. The predicted molar refractivity (Wildman–Crippen MR) is 144 cm³/mol. The van der Waals surface area contributed by atoms with E-state index in [4.69, 9.17) is 5.73 Å². The van der Waals surface area contributed by atoms with Gasteiger partial charge in [0.05, 0.1) is 5.69 Å². The van der Waals surface area contributed by atoms with Crippen molar-refractivity contribution in [2.75, 3.05) is 32.0 Å². The number of anilines is 1. The van der Waals surface area contributed by atoms with Gasteiger partial charge in [0.15, 0.2) is 0 Å². The van der Waals surface area contributed by atoms with Gasteiger partial charge in [-0.25, -0.2) is 4.99 Å². The molecule has 7 nitrogen and oxygen atoms in total. The summed E-state index contributed by atoms with van der Waals surface area (Å²) in [6.45, 7) is 8.51. The van der Waals surface area contributed by atoms with Crippen LogP contribution in [0.1, 0.15) is 60.2 Å². The van der Waals surface area contributed by atoms with Gasteiger partial charge in [-0.1, -0.05) is 26.0 Å². The quantitative estimate of drug-likeness (QED) is 0.473. The zero-order valence-corrected chi connectivity index (χ0v) is 21.3. The van der Waals surface area contributed by atoms with E-state index >= 15 is 0 Å². The molecule has 4 N–H and O–H groups in total. The number of benzene rings is 2. The Morgan fingerprint density at radius 3 is 2.49 bits per heavy atom. The fourth-order valence-corrected chi connectivity index (χ4v) is 4.24. The molecular formula is C28H37N5O2. The van der Waals surface area contributed by atoms with Crippen molar-refractivity contribution < 1.29 is 9.59 Å². The molecular weight excluding hydrogens is 438 g/mol. The van der Waals surface area contributed by atoms with Crippen LogP contribution >= 0.6 is 0 Å². The maximum absolute atomic E-state index is 13.2. The Bertz CT molecular complexity index is 1130. The Hall–Kier alpha value is -3.45. The fourth-order valence-electron chi connectivity index (χ4n) is 4.24. The van der Waals surface area contributed by atoms with Gasteiger partial charge in [-0.2, -0.15) is 0 Å². The second kappa shape index (κ2) is 12.3. The molecule has 0 saturated carbocycles. The molecule has 0 aliphatic carbocycles. The van der Waals surface area contributed by atoms with Crippen molar-refractivity contribution in [1.29, 1.82) is 0 Å². The zero-order chi connectivity index (χ0) is 25.4. The summed E-state index contributed by atoms with van der Waals surface area (Å²) in [7, 11) is 1.93. The van der Waals surface area contributed by atoms with Gasteiger partial charge in [0, 0.05) is 41.9 Å². The van der Waals surface area contributed by atoms with E-state index in [1.165, 1.54) is 5.56 Å². The van der Waals surface area contributed by atoms with Crippen LogP contribution in [0, 0.1) is 6.92 Å². The molecule has 0 atom stereocenters. The molecule has 0 bridgehead atoms. The molecule has 7 heteroatoms. The summed E-state index contributed by atoms with van der Waals surface area (Å²) in [5.74, 6) is 0.141. The van der Waals surface area contributed by atoms with Crippen molar-refractivity contribution in [3.05, 3.63) is 64.2 Å². The number of carbonyl (C=O) groups excluding carboxylic acids is 2. The summed E-state index contributed by atoms with van der Waals surface area (Å²) in [5.41, 5.74) is 11.8. The molecule has 0 saturated heterocycles. The topological polar surface area (TPSA) is 99.8 Å². The molecule has 0 fully saturated rings. The van der Waals surface area contributed by atoms with E-state index in [0.29, 0.717) is 35.7 Å². The third-order valence-electron chi connectivity index (χ3n) is 6.05. The summed E-state index contributed by atoms with van der Waals surface area (Å²) in [6.07, 6.45) is 4.88. The molecule has 3 rings (SSSR count). The third-order valence-corrected chi connectivity index (χ3v) is 6.05. The first kappa shape index (κ1) is 26.2. The number of amides is 2. The lowest BCUT2D eigenvalue weighted by atomic mass is 10.0. The first-order valence-electron chi connectivity index (χ1n) is 12.4. The maximum Gasteiger partial charge on any atom is 0.255 e. The number of fused-ring (bicyclic) bond motifs is 1. The Kier molecular flexibility index (Phi) is 9.20. The minimum absolute atomic E-state index is 0.00458. The number of amidine groups is 1. The average molecular weight is 476 g/mol. The summed E-state index contributed by atoms with van der Waals surface area (Å²) in [5, 5.41) is 6.13. The Morgan fingerprint density at radius 1 is 1.09 bits per heavy atom. The minimum atomic E-state index is -0.217. The van der Waals surface area contributed by atoms with Crippen molar-refractivity contribution in [2.24, 2.45) is 10.7 Å². The lowest BCUT2D eigenvalue weighted by Crippen LogP contribution is -2.34. The SMILES string of the molecule is CCCN(CCC)C(=O)C1=Cc2ccc(C(=O)Nc3ccc(CCNC)c(C)c3)cc2N=C(N)C1. The largest absolute Gasteiger partial charge is 0.387 e. The van der Waals surface area contributed by atoms with Crippen LogP contribution in [0.4, 0.5) is 11.4 Å². The molecule has 0 aromatic heterocycles. The number of likely N-dealkylation sites (N-methyl/N-ethyl adjacent to an activating group) is 1. The van der Waals surface area contributed by atoms with E-state index in [-0.39, 0.29) is 18.2 Å². The highest BCUT2D eigenvalue weighted by molar-refractivity contribution is 6.08. The second-order valence-electron chi connectivity index (χ2n) is 8.96. The van der Waals surface area contributed by atoms with E-state index in [9.17, 15) is 9.59 Å². The van der Waals surface area contributed by atoms with Crippen molar-refractivity contribution >= 4 is 35.1 Å². The van der Waals surface area contributed by atoms with Gasteiger partial charge in [0.25, 0.3) is 5.91 Å². The zero-order valence-electron chi connectivity index (χ0n) is 21.3. The van der Waals surface area contributed by atoms with Crippen LogP contribution in [0.25, 0.3) is 6.08 Å². The van der Waals surface area contributed by atoms with E-state index < -0.39 is 0 Å². The number of aliphatic imine (C=N–C) groups is 1. The number of rotatable bonds is 10. The summed E-state index contributed by atoms with van der Waals surface area (Å²) in [4.78, 5) is 32.5. The molecule has 0 radical (unpaired) electrons. The number of carbonyl (C=O) groups is 2.